The fourth-order valence-electron chi connectivity index (χ4n) is 3.82. The van der Waals surface area contributed by atoms with Crippen molar-refractivity contribution in [2.45, 2.75) is 82.6 Å². The van der Waals surface area contributed by atoms with Crippen LogP contribution in [0.25, 0.3) is 0 Å². The van der Waals surface area contributed by atoms with E-state index in [-0.39, 0.29) is 5.54 Å². The summed E-state index contributed by atoms with van der Waals surface area (Å²) in [6.45, 7) is 3.13. The number of unbranched alkanes of at least 4 members (excludes halogenated alkanes) is 4. The first kappa shape index (κ1) is 18.5. The predicted molar refractivity (Wildman–Crippen MR) is 98.9 cm³/mol. The Morgan fingerprint density at radius 3 is 2.43 bits per heavy atom. The molecule has 2 rings (SSSR count). The van der Waals surface area contributed by atoms with Gasteiger partial charge in [0.15, 0.2) is 0 Å². The molecule has 0 heterocycles. The number of nitrogens with two attached hydrogens (primary N) is 1. The number of methoxy groups -OCH3 is 1. The van der Waals surface area contributed by atoms with Crippen LogP contribution in [0, 0.1) is 0 Å². The van der Waals surface area contributed by atoms with Gasteiger partial charge in [0, 0.05) is 19.3 Å². The number of benzene rings is 1. The van der Waals surface area contributed by atoms with Crippen LogP contribution < -0.4 is 5.73 Å². The van der Waals surface area contributed by atoms with Crippen LogP contribution in [0.15, 0.2) is 24.3 Å². The van der Waals surface area contributed by atoms with Gasteiger partial charge in [0.05, 0.1) is 0 Å². The van der Waals surface area contributed by atoms with E-state index in [1.54, 1.807) is 7.11 Å². The summed E-state index contributed by atoms with van der Waals surface area (Å²) in [5, 5.41) is 0. The van der Waals surface area contributed by atoms with Crippen molar-refractivity contribution < 1.29 is 4.74 Å². The Balaban J connectivity index is 1.69. The minimum absolute atomic E-state index is 0.0894. The van der Waals surface area contributed by atoms with Crippen molar-refractivity contribution in [1.29, 1.82) is 0 Å². The average Bonchev–Trinajstić information content (AvgIpc) is 2.98. The van der Waals surface area contributed by atoms with E-state index in [2.05, 4.69) is 31.2 Å². The number of hydrogen-bond donors (Lipinski definition) is 1. The van der Waals surface area contributed by atoms with Gasteiger partial charge in [-0.15, -0.1) is 0 Å². The zero-order chi connectivity index (χ0) is 16.5. The van der Waals surface area contributed by atoms with Crippen LogP contribution in [0.3, 0.4) is 0 Å². The molecule has 2 N–H and O–H groups in total. The molecule has 1 aliphatic carbocycles. The topological polar surface area (TPSA) is 35.2 Å². The molecule has 1 fully saturated rings. The van der Waals surface area contributed by atoms with Crippen LogP contribution in [0.4, 0.5) is 0 Å². The molecule has 2 atom stereocenters. The molecule has 0 spiro atoms. The van der Waals surface area contributed by atoms with Crippen LogP contribution in [0.1, 0.15) is 81.8 Å². The first-order valence-electron chi connectivity index (χ1n) is 9.53. The van der Waals surface area contributed by atoms with Crippen LogP contribution >= 0.6 is 0 Å². The lowest BCUT2D eigenvalue weighted by molar-refractivity contribution is 0.192. The van der Waals surface area contributed by atoms with Gasteiger partial charge in [-0.3, -0.25) is 0 Å². The summed E-state index contributed by atoms with van der Waals surface area (Å²) in [7, 11) is 1.78. The van der Waals surface area contributed by atoms with E-state index in [0.29, 0.717) is 5.92 Å². The summed E-state index contributed by atoms with van der Waals surface area (Å²) in [5.74, 6) is 0.676. The fourth-order valence-corrected chi connectivity index (χ4v) is 3.82. The second-order valence-corrected chi connectivity index (χ2v) is 7.41. The molecule has 1 aliphatic rings. The first-order valence-corrected chi connectivity index (χ1v) is 9.53. The van der Waals surface area contributed by atoms with Gasteiger partial charge in [-0.25, -0.2) is 0 Å². The molecule has 23 heavy (non-hydrogen) atoms. The highest BCUT2D eigenvalue weighted by molar-refractivity contribution is 5.27. The molecule has 130 valence electrons. The van der Waals surface area contributed by atoms with Crippen molar-refractivity contribution in [3.05, 3.63) is 35.4 Å². The third kappa shape index (κ3) is 5.93. The van der Waals surface area contributed by atoms with Gasteiger partial charge < -0.3 is 10.5 Å². The molecule has 1 saturated carbocycles. The lowest BCUT2D eigenvalue weighted by atomic mass is 9.91. The van der Waals surface area contributed by atoms with E-state index in [4.69, 9.17) is 10.5 Å². The average molecular weight is 318 g/mol. The molecule has 1 aromatic rings. The standard InChI is InChI=1S/C21H35NO/c1-3-21(22)15-14-20(17-21)19-12-10-18(11-13-19)9-7-5-4-6-8-16-23-2/h10-13,20H,3-9,14-17,22H2,1-2H3/t20-,21+/m0/s1. The zero-order valence-corrected chi connectivity index (χ0v) is 15.2. The van der Waals surface area contributed by atoms with E-state index in [1.165, 1.54) is 62.5 Å². The van der Waals surface area contributed by atoms with Crippen molar-refractivity contribution in [2.75, 3.05) is 13.7 Å². The molecular weight excluding hydrogens is 282 g/mol. The molecule has 1 aromatic carbocycles. The Kier molecular flexibility index (Phi) is 7.58. The van der Waals surface area contributed by atoms with Crippen molar-refractivity contribution in [1.82, 2.24) is 0 Å². The molecule has 0 radical (unpaired) electrons. The van der Waals surface area contributed by atoms with Crippen molar-refractivity contribution in [3.63, 3.8) is 0 Å². The molecule has 0 amide bonds. The molecule has 2 nitrogen and oxygen atoms in total. The minimum atomic E-state index is 0.0894. The summed E-state index contributed by atoms with van der Waals surface area (Å²) >= 11 is 0. The smallest absolute Gasteiger partial charge is 0.0462 e. The Labute approximate surface area is 142 Å². The second kappa shape index (κ2) is 9.44. The maximum absolute atomic E-state index is 6.43. The second-order valence-electron chi connectivity index (χ2n) is 7.41. The van der Waals surface area contributed by atoms with Crippen LogP contribution in [-0.4, -0.2) is 19.3 Å². The minimum Gasteiger partial charge on any atom is -0.385 e. The van der Waals surface area contributed by atoms with E-state index in [9.17, 15) is 0 Å². The van der Waals surface area contributed by atoms with Gasteiger partial charge in [0.25, 0.3) is 0 Å². The lowest BCUT2D eigenvalue weighted by Crippen LogP contribution is -2.35. The zero-order valence-electron chi connectivity index (χ0n) is 15.2. The normalized spacial score (nSPS) is 24.2. The molecule has 0 saturated heterocycles. The van der Waals surface area contributed by atoms with Crippen molar-refractivity contribution >= 4 is 0 Å². The highest BCUT2D eigenvalue weighted by atomic mass is 16.5. The summed E-state index contributed by atoms with van der Waals surface area (Å²) in [5.41, 5.74) is 9.50. The van der Waals surface area contributed by atoms with Crippen LogP contribution in [0.5, 0.6) is 0 Å². The number of rotatable bonds is 10. The maximum atomic E-state index is 6.43. The van der Waals surface area contributed by atoms with Gasteiger partial charge in [-0.2, -0.15) is 0 Å². The summed E-state index contributed by atoms with van der Waals surface area (Å²) < 4.78 is 5.08. The summed E-state index contributed by atoms with van der Waals surface area (Å²) in [4.78, 5) is 0. The molecule has 0 aliphatic heterocycles. The first-order chi connectivity index (χ1) is 11.2. The monoisotopic (exact) mass is 317 g/mol. The molecular formula is C21H35NO. The lowest BCUT2D eigenvalue weighted by Gasteiger charge is -2.22. The maximum Gasteiger partial charge on any atom is 0.0462 e. The van der Waals surface area contributed by atoms with Crippen LogP contribution in [-0.2, 0) is 11.2 Å². The number of aryl methyl sites for hydroxylation is 1. The quantitative estimate of drug-likeness (QED) is 0.602. The van der Waals surface area contributed by atoms with Crippen molar-refractivity contribution in [2.24, 2.45) is 5.73 Å². The predicted octanol–water partition coefficient (Wildman–Crippen LogP) is 5.20. The Hall–Kier alpha value is -0.860. The van der Waals surface area contributed by atoms with Crippen molar-refractivity contribution in [3.8, 4) is 0 Å². The van der Waals surface area contributed by atoms with E-state index >= 15 is 0 Å². The molecule has 0 aromatic heterocycles. The Bertz CT molecular complexity index is 442. The third-order valence-corrected chi connectivity index (χ3v) is 5.61. The molecule has 0 unspecified atom stereocenters. The fraction of sp³-hybridized carbons (Fsp3) is 0.714. The highest BCUT2D eigenvalue weighted by Gasteiger charge is 2.34. The number of hydrogen-bond acceptors (Lipinski definition) is 2. The molecule has 0 bridgehead atoms. The van der Waals surface area contributed by atoms with E-state index in [0.717, 1.165) is 19.4 Å². The van der Waals surface area contributed by atoms with E-state index in [1.807, 2.05) is 0 Å². The molecule has 2 heteroatoms. The Morgan fingerprint density at radius 1 is 1.09 bits per heavy atom. The third-order valence-electron chi connectivity index (χ3n) is 5.61. The largest absolute Gasteiger partial charge is 0.385 e. The number of ether oxygens (including phenoxy) is 1. The summed E-state index contributed by atoms with van der Waals surface area (Å²) in [6, 6.07) is 9.37. The van der Waals surface area contributed by atoms with Gasteiger partial charge in [0.1, 0.15) is 0 Å². The van der Waals surface area contributed by atoms with Gasteiger partial charge >= 0.3 is 0 Å². The highest BCUT2D eigenvalue weighted by Crippen LogP contribution is 2.41. The summed E-state index contributed by atoms with van der Waals surface area (Å²) in [6.07, 6.45) is 12.4. The SMILES string of the molecule is CC[C@@]1(N)CC[C@H](c2ccc(CCCCCCCOC)cc2)C1. The van der Waals surface area contributed by atoms with Crippen LogP contribution in [0.2, 0.25) is 0 Å². The van der Waals surface area contributed by atoms with Gasteiger partial charge in [-0.05, 0) is 62.0 Å². The van der Waals surface area contributed by atoms with E-state index < -0.39 is 0 Å². The van der Waals surface area contributed by atoms with Gasteiger partial charge in [-0.1, -0.05) is 50.5 Å². The van der Waals surface area contributed by atoms with Gasteiger partial charge in [0.2, 0.25) is 0 Å². The Morgan fingerprint density at radius 2 is 1.78 bits per heavy atom.